The minimum atomic E-state index is -3.82. The van der Waals surface area contributed by atoms with Gasteiger partial charge in [-0.25, -0.2) is 12.8 Å². The van der Waals surface area contributed by atoms with E-state index in [1.54, 1.807) is 26.0 Å². The Morgan fingerprint density at radius 3 is 2.47 bits per heavy atom. The summed E-state index contributed by atoms with van der Waals surface area (Å²) < 4.78 is 40.1. The molecule has 0 spiro atoms. The number of halogens is 1. The lowest BCUT2D eigenvalue weighted by atomic mass is 10.2. The van der Waals surface area contributed by atoms with Crippen LogP contribution in [0, 0.1) is 15.9 Å². The van der Waals surface area contributed by atoms with Gasteiger partial charge in [0.1, 0.15) is 5.82 Å². The molecule has 1 N–H and O–H groups in total. The third-order valence-electron chi connectivity index (χ3n) is 4.43. The van der Waals surface area contributed by atoms with Crippen molar-refractivity contribution in [1.82, 2.24) is 14.5 Å². The van der Waals surface area contributed by atoms with Gasteiger partial charge in [0.2, 0.25) is 15.2 Å². The zero-order valence-electron chi connectivity index (χ0n) is 17.2. The molecule has 3 rings (SSSR count). The number of nitrogens with zero attached hydrogens (tertiary/aromatic N) is 4. The molecule has 0 saturated heterocycles. The van der Waals surface area contributed by atoms with Gasteiger partial charge in [0.05, 0.1) is 14.7 Å². The summed E-state index contributed by atoms with van der Waals surface area (Å²) in [5, 5.41) is 23.2. The van der Waals surface area contributed by atoms with E-state index in [-0.39, 0.29) is 34.4 Å². The summed E-state index contributed by atoms with van der Waals surface area (Å²) in [5.74, 6) is -0.319. The van der Waals surface area contributed by atoms with Gasteiger partial charge in [-0.2, -0.15) is 4.31 Å². The number of anilines is 1. The van der Waals surface area contributed by atoms with Crippen LogP contribution in [-0.2, 0) is 16.6 Å². The molecule has 3 aromatic rings. The lowest BCUT2D eigenvalue weighted by Gasteiger charge is -2.18. The number of benzene rings is 2. The van der Waals surface area contributed by atoms with Crippen molar-refractivity contribution >= 4 is 43.9 Å². The molecule has 9 nitrogen and oxygen atoms in total. The summed E-state index contributed by atoms with van der Waals surface area (Å²) >= 11 is 2.23. The number of nitrogens with one attached hydrogen (secondary N) is 1. The van der Waals surface area contributed by atoms with Crippen molar-refractivity contribution in [3.8, 4) is 0 Å². The van der Waals surface area contributed by atoms with Gasteiger partial charge in [0, 0.05) is 25.7 Å². The number of nitro groups is 1. The molecule has 0 amide bonds. The van der Waals surface area contributed by atoms with E-state index < -0.39 is 14.9 Å². The van der Waals surface area contributed by atoms with E-state index in [0.29, 0.717) is 16.0 Å². The van der Waals surface area contributed by atoms with E-state index in [2.05, 4.69) is 15.5 Å². The molecule has 0 bridgehead atoms. The quantitative estimate of drug-likeness (QED) is 0.324. The molecule has 1 heterocycles. The van der Waals surface area contributed by atoms with E-state index in [1.165, 1.54) is 39.9 Å². The second kappa shape index (κ2) is 10.3. The van der Waals surface area contributed by atoms with Crippen molar-refractivity contribution in [2.75, 3.05) is 18.4 Å². The van der Waals surface area contributed by atoms with Gasteiger partial charge in [-0.15, -0.1) is 10.2 Å². The Labute approximate surface area is 192 Å². The van der Waals surface area contributed by atoms with Crippen molar-refractivity contribution < 1.29 is 17.7 Å². The molecule has 0 aliphatic carbocycles. The van der Waals surface area contributed by atoms with Gasteiger partial charge in [0.15, 0.2) is 4.34 Å². The highest BCUT2D eigenvalue weighted by Gasteiger charge is 2.26. The second-order valence-electron chi connectivity index (χ2n) is 6.43. The largest absolute Gasteiger partial charge is 0.356 e. The Morgan fingerprint density at radius 2 is 1.84 bits per heavy atom. The average molecular weight is 498 g/mol. The zero-order valence-corrected chi connectivity index (χ0v) is 19.6. The number of aromatic nitrogens is 2. The second-order valence-corrected chi connectivity index (χ2v) is 10.6. The molecule has 2 aromatic carbocycles. The molecule has 1 aromatic heterocycles. The monoisotopic (exact) mass is 497 g/mol. The molecular formula is C19H20FN5O4S3. The van der Waals surface area contributed by atoms with Gasteiger partial charge in [0.25, 0.3) is 5.69 Å². The van der Waals surface area contributed by atoms with E-state index >= 15 is 0 Å². The first-order valence-electron chi connectivity index (χ1n) is 9.52. The van der Waals surface area contributed by atoms with E-state index in [9.17, 15) is 22.9 Å². The highest BCUT2D eigenvalue weighted by molar-refractivity contribution is 8.01. The smallest absolute Gasteiger partial charge is 0.284 e. The van der Waals surface area contributed by atoms with Crippen molar-refractivity contribution in [1.29, 1.82) is 0 Å². The topological polar surface area (TPSA) is 118 Å². The molecule has 0 unspecified atom stereocenters. The maximum Gasteiger partial charge on any atom is 0.284 e. The molecule has 13 heteroatoms. The zero-order chi connectivity index (χ0) is 23.3. The summed E-state index contributed by atoms with van der Waals surface area (Å²) in [6.45, 7) is 4.36. The fourth-order valence-electron chi connectivity index (χ4n) is 2.80. The SMILES string of the molecule is CCN(CC)S(=O)(=O)c1ccc(Sc2nnc(NCc3ccc(F)cc3)s2)c([N+](=O)[O-])c1. The molecule has 0 fully saturated rings. The Bertz CT molecular complexity index is 1200. The third-order valence-corrected chi connectivity index (χ3v) is 8.47. The van der Waals surface area contributed by atoms with Crippen LogP contribution >= 0.6 is 23.1 Å². The van der Waals surface area contributed by atoms with E-state index in [1.807, 2.05) is 0 Å². The first kappa shape index (κ1) is 24.0. The van der Waals surface area contributed by atoms with Crippen LogP contribution in [0.5, 0.6) is 0 Å². The van der Waals surface area contributed by atoms with Gasteiger partial charge >= 0.3 is 0 Å². The first-order valence-corrected chi connectivity index (χ1v) is 12.6. The number of rotatable bonds is 10. The van der Waals surface area contributed by atoms with Crippen molar-refractivity contribution in [2.45, 2.75) is 34.5 Å². The van der Waals surface area contributed by atoms with Crippen LogP contribution in [0.3, 0.4) is 0 Å². The molecule has 0 aliphatic rings. The highest BCUT2D eigenvalue weighted by Crippen LogP contribution is 2.38. The minimum Gasteiger partial charge on any atom is -0.356 e. The van der Waals surface area contributed by atoms with Crippen molar-refractivity contribution in [2.24, 2.45) is 0 Å². The maximum absolute atomic E-state index is 13.0. The van der Waals surface area contributed by atoms with Crippen LogP contribution in [-0.4, -0.2) is 40.9 Å². The normalized spacial score (nSPS) is 11.6. The van der Waals surface area contributed by atoms with E-state index in [4.69, 9.17) is 0 Å². The lowest BCUT2D eigenvalue weighted by molar-refractivity contribution is -0.388. The van der Waals surface area contributed by atoms with Crippen LogP contribution < -0.4 is 5.32 Å². The first-order chi connectivity index (χ1) is 15.2. The van der Waals surface area contributed by atoms with Crippen molar-refractivity contribution in [3.63, 3.8) is 0 Å². The van der Waals surface area contributed by atoms with Crippen LogP contribution in [0.15, 0.2) is 56.6 Å². The summed E-state index contributed by atoms with van der Waals surface area (Å²) in [6, 6.07) is 9.87. The van der Waals surface area contributed by atoms with Crippen LogP contribution in [0.4, 0.5) is 15.2 Å². The predicted octanol–water partition coefficient (Wildman–Crippen LogP) is 4.38. The van der Waals surface area contributed by atoms with Gasteiger partial charge in [-0.1, -0.05) is 37.3 Å². The van der Waals surface area contributed by atoms with Crippen LogP contribution in [0.1, 0.15) is 19.4 Å². The Morgan fingerprint density at radius 1 is 1.16 bits per heavy atom. The number of hydrogen-bond acceptors (Lipinski definition) is 9. The standard InChI is InChI=1S/C19H20FN5O4S3/c1-3-24(4-2)32(28,29)15-9-10-17(16(11-15)25(26)27)30-19-23-22-18(31-19)21-12-13-5-7-14(20)8-6-13/h5-11H,3-4,12H2,1-2H3,(H,21,22). The number of nitro benzene ring substituents is 1. The minimum absolute atomic E-state index is 0.129. The molecule has 0 aliphatic heterocycles. The molecule has 0 atom stereocenters. The fourth-order valence-corrected chi connectivity index (χ4v) is 6.06. The van der Waals surface area contributed by atoms with Crippen LogP contribution in [0.25, 0.3) is 0 Å². The lowest BCUT2D eigenvalue weighted by Crippen LogP contribution is -2.30. The Hall–Kier alpha value is -2.61. The molecule has 170 valence electrons. The summed E-state index contributed by atoms with van der Waals surface area (Å²) in [4.78, 5) is 11.1. The Balaban J connectivity index is 1.77. The van der Waals surface area contributed by atoms with Crippen molar-refractivity contribution in [3.05, 3.63) is 64.0 Å². The molecular weight excluding hydrogens is 477 g/mol. The maximum atomic E-state index is 13.0. The summed E-state index contributed by atoms with van der Waals surface area (Å²) in [7, 11) is -3.82. The van der Waals surface area contributed by atoms with E-state index in [0.717, 1.165) is 23.4 Å². The summed E-state index contributed by atoms with van der Waals surface area (Å²) in [6.07, 6.45) is 0. The van der Waals surface area contributed by atoms with Gasteiger partial charge in [-0.3, -0.25) is 10.1 Å². The molecule has 0 saturated carbocycles. The predicted molar refractivity (Wildman–Crippen MR) is 121 cm³/mol. The highest BCUT2D eigenvalue weighted by atomic mass is 32.2. The fraction of sp³-hybridized carbons (Fsp3) is 0.263. The average Bonchev–Trinajstić information content (AvgIpc) is 3.21. The van der Waals surface area contributed by atoms with Crippen LogP contribution in [0.2, 0.25) is 0 Å². The molecule has 0 radical (unpaired) electrons. The van der Waals surface area contributed by atoms with Gasteiger partial charge in [-0.05, 0) is 41.6 Å². The number of sulfonamides is 1. The summed E-state index contributed by atoms with van der Waals surface area (Å²) in [5.41, 5.74) is 0.538. The number of hydrogen-bond donors (Lipinski definition) is 1. The third kappa shape index (κ3) is 5.59. The van der Waals surface area contributed by atoms with Gasteiger partial charge < -0.3 is 5.32 Å². The Kier molecular flexibility index (Phi) is 7.77. The molecule has 32 heavy (non-hydrogen) atoms.